The summed E-state index contributed by atoms with van der Waals surface area (Å²) in [5, 5.41) is 3.47. The lowest BCUT2D eigenvalue weighted by Crippen LogP contribution is -2.30. The number of H-pyrrole nitrogens is 2. The minimum Gasteiger partial charge on any atom is -0.368 e. The Morgan fingerprint density at radius 2 is 2.03 bits per heavy atom. The molecule has 9 heteroatoms. The number of carbonyl (C=O) groups excluding carboxylic acids is 1. The minimum absolute atomic E-state index is 0.230. The number of rotatable bonds is 6. The van der Waals surface area contributed by atoms with Crippen LogP contribution >= 0.6 is 28.1 Å². The summed E-state index contributed by atoms with van der Waals surface area (Å²) in [6, 6.07) is 14.2. The lowest BCUT2D eigenvalue weighted by Gasteiger charge is -2.17. The zero-order valence-corrected chi connectivity index (χ0v) is 19.1. The number of nitrogens with one attached hydrogen (secondary N) is 3. The number of benzene rings is 2. The molecule has 1 aliphatic rings. The molecule has 4 aromatic rings. The van der Waals surface area contributed by atoms with Gasteiger partial charge in [0.15, 0.2) is 4.77 Å². The predicted molar refractivity (Wildman–Crippen MR) is 128 cm³/mol. The van der Waals surface area contributed by atoms with E-state index >= 15 is 0 Å². The van der Waals surface area contributed by atoms with E-state index in [0.717, 1.165) is 51.2 Å². The smallest absolute Gasteiger partial charge is 0.222 e. The van der Waals surface area contributed by atoms with E-state index in [0.29, 0.717) is 24.3 Å². The molecule has 0 aliphatic carbocycles. The zero-order valence-electron chi connectivity index (χ0n) is 16.7. The van der Waals surface area contributed by atoms with Crippen LogP contribution in [-0.2, 0) is 4.79 Å². The van der Waals surface area contributed by atoms with Crippen molar-refractivity contribution in [2.45, 2.75) is 12.8 Å². The number of imidazole rings is 2. The van der Waals surface area contributed by atoms with Gasteiger partial charge in [-0.15, -0.1) is 0 Å². The fourth-order valence-electron chi connectivity index (χ4n) is 4.01. The first-order valence-electron chi connectivity index (χ1n) is 10.2. The van der Waals surface area contributed by atoms with Gasteiger partial charge in [0.1, 0.15) is 5.82 Å². The minimum atomic E-state index is 0.230. The third-order valence-electron chi connectivity index (χ3n) is 5.53. The summed E-state index contributed by atoms with van der Waals surface area (Å²) >= 11 is 9.23. The second-order valence-electron chi connectivity index (χ2n) is 7.51. The molecule has 2 aromatic heterocycles. The SMILES string of the molecule is O=C1CCCN1CCNc1[nH]c(=S)n(-c2ccc3nc[nH]c3c2)c1-c1ccc(Br)cc1. The molecule has 2 aromatic carbocycles. The van der Waals surface area contributed by atoms with Crippen LogP contribution in [0.25, 0.3) is 28.0 Å². The van der Waals surface area contributed by atoms with Crippen molar-refractivity contribution < 1.29 is 4.79 Å². The number of amides is 1. The molecular formula is C22H21BrN6OS. The van der Waals surface area contributed by atoms with Gasteiger partial charge in [0.25, 0.3) is 0 Å². The summed E-state index contributed by atoms with van der Waals surface area (Å²) < 4.78 is 3.64. The highest BCUT2D eigenvalue weighted by Gasteiger charge is 2.20. The number of nitrogens with zero attached hydrogens (tertiary/aromatic N) is 3. The Morgan fingerprint density at radius 3 is 2.81 bits per heavy atom. The molecule has 31 heavy (non-hydrogen) atoms. The van der Waals surface area contributed by atoms with Crippen LogP contribution in [0.2, 0.25) is 0 Å². The molecule has 1 fully saturated rings. The van der Waals surface area contributed by atoms with Crippen LogP contribution in [0.15, 0.2) is 53.3 Å². The number of hydrogen-bond acceptors (Lipinski definition) is 4. The Kier molecular flexibility index (Phi) is 5.37. The van der Waals surface area contributed by atoms with Crippen LogP contribution in [0.4, 0.5) is 5.82 Å². The van der Waals surface area contributed by atoms with E-state index in [2.05, 4.69) is 48.3 Å². The van der Waals surface area contributed by atoms with E-state index in [1.165, 1.54) is 0 Å². The van der Waals surface area contributed by atoms with Crippen molar-refractivity contribution in [3.05, 3.63) is 58.0 Å². The van der Waals surface area contributed by atoms with Gasteiger partial charge in [-0.25, -0.2) is 4.98 Å². The van der Waals surface area contributed by atoms with E-state index in [1.807, 2.05) is 39.8 Å². The van der Waals surface area contributed by atoms with Gasteiger partial charge < -0.3 is 20.2 Å². The second-order valence-corrected chi connectivity index (χ2v) is 8.81. The van der Waals surface area contributed by atoms with Crippen LogP contribution < -0.4 is 5.32 Å². The molecule has 3 heterocycles. The highest BCUT2D eigenvalue weighted by atomic mass is 79.9. The zero-order chi connectivity index (χ0) is 21.4. The lowest BCUT2D eigenvalue weighted by molar-refractivity contribution is -0.127. The van der Waals surface area contributed by atoms with Crippen LogP contribution in [0, 0.1) is 4.77 Å². The van der Waals surface area contributed by atoms with Gasteiger partial charge in [-0.2, -0.15) is 0 Å². The van der Waals surface area contributed by atoms with Gasteiger partial charge in [0.2, 0.25) is 5.91 Å². The Bertz CT molecular complexity index is 1310. The summed E-state index contributed by atoms with van der Waals surface area (Å²) in [6.45, 7) is 2.15. The van der Waals surface area contributed by atoms with Gasteiger partial charge in [0.05, 0.1) is 28.7 Å². The molecule has 3 N–H and O–H groups in total. The molecule has 158 valence electrons. The highest BCUT2D eigenvalue weighted by Crippen LogP contribution is 2.32. The van der Waals surface area contributed by atoms with Gasteiger partial charge in [-0.3, -0.25) is 9.36 Å². The first-order valence-corrected chi connectivity index (χ1v) is 11.4. The second kappa shape index (κ2) is 8.32. The van der Waals surface area contributed by atoms with Gasteiger partial charge in [0, 0.05) is 36.1 Å². The van der Waals surface area contributed by atoms with Crippen molar-refractivity contribution in [3.63, 3.8) is 0 Å². The quantitative estimate of drug-likeness (QED) is 0.332. The molecule has 0 atom stereocenters. The highest BCUT2D eigenvalue weighted by molar-refractivity contribution is 9.10. The summed E-state index contributed by atoms with van der Waals surface area (Å²) in [4.78, 5) is 24.6. The van der Waals surface area contributed by atoms with Gasteiger partial charge >= 0.3 is 0 Å². The number of aromatic amines is 2. The third-order valence-corrected chi connectivity index (χ3v) is 6.34. The monoisotopic (exact) mass is 496 g/mol. The van der Waals surface area contributed by atoms with Crippen molar-refractivity contribution in [1.29, 1.82) is 0 Å². The number of fused-ring (bicyclic) bond motifs is 1. The molecule has 7 nitrogen and oxygen atoms in total. The molecule has 0 spiro atoms. The van der Waals surface area contributed by atoms with Crippen molar-refractivity contribution in [3.8, 4) is 16.9 Å². The standard InChI is InChI=1S/C22H21BrN6OS/c23-15-5-3-14(4-6-15)20-21(24-9-11-28-10-1-2-19(28)30)27-22(31)29(20)16-7-8-17-18(12-16)26-13-25-17/h3-8,12-13,24H,1-2,9-11H2,(H,25,26)(H,27,31). The first-order chi connectivity index (χ1) is 15.1. The van der Waals surface area contributed by atoms with Crippen molar-refractivity contribution in [2.75, 3.05) is 25.0 Å². The molecule has 0 unspecified atom stereocenters. The largest absolute Gasteiger partial charge is 0.368 e. The number of aromatic nitrogens is 4. The Balaban J connectivity index is 1.54. The van der Waals surface area contributed by atoms with Crippen LogP contribution in [0.5, 0.6) is 0 Å². The van der Waals surface area contributed by atoms with Crippen LogP contribution in [-0.4, -0.2) is 50.0 Å². The van der Waals surface area contributed by atoms with E-state index in [4.69, 9.17) is 12.2 Å². The van der Waals surface area contributed by atoms with E-state index in [-0.39, 0.29) is 5.91 Å². The van der Waals surface area contributed by atoms with Crippen LogP contribution in [0.3, 0.4) is 0 Å². The molecule has 1 saturated heterocycles. The van der Waals surface area contributed by atoms with Crippen molar-refractivity contribution in [2.24, 2.45) is 0 Å². The summed E-state index contributed by atoms with van der Waals surface area (Å²) in [6.07, 6.45) is 3.28. The number of anilines is 1. The Hall–Kier alpha value is -2.91. The maximum Gasteiger partial charge on any atom is 0.222 e. The third kappa shape index (κ3) is 3.90. The average Bonchev–Trinajstić information content (AvgIpc) is 3.47. The molecule has 0 bridgehead atoms. The van der Waals surface area contributed by atoms with E-state index < -0.39 is 0 Å². The molecule has 1 aliphatic heterocycles. The molecule has 5 rings (SSSR count). The molecule has 0 saturated carbocycles. The maximum absolute atomic E-state index is 11.9. The number of halogens is 1. The number of carbonyl (C=O) groups is 1. The van der Waals surface area contributed by atoms with E-state index in [1.54, 1.807) is 6.33 Å². The predicted octanol–water partition coefficient (Wildman–Crippen LogP) is 4.87. The fraction of sp³-hybridized carbons (Fsp3) is 0.227. The van der Waals surface area contributed by atoms with Crippen molar-refractivity contribution >= 4 is 50.9 Å². The molecular weight excluding hydrogens is 476 g/mol. The van der Waals surface area contributed by atoms with Crippen LogP contribution in [0.1, 0.15) is 12.8 Å². The Labute approximate surface area is 192 Å². The molecule has 1 amide bonds. The number of hydrogen-bond donors (Lipinski definition) is 3. The first kappa shape index (κ1) is 20.0. The maximum atomic E-state index is 11.9. The summed E-state index contributed by atoms with van der Waals surface area (Å²) in [5.74, 6) is 1.07. The van der Waals surface area contributed by atoms with Gasteiger partial charge in [-0.1, -0.05) is 28.1 Å². The normalized spacial score (nSPS) is 14.0. The Morgan fingerprint density at radius 1 is 1.19 bits per heavy atom. The number of likely N-dealkylation sites (tertiary alicyclic amines) is 1. The summed E-state index contributed by atoms with van der Waals surface area (Å²) in [5.41, 5.74) is 4.77. The average molecular weight is 497 g/mol. The van der Waals surface area contributed by atoms with Crippen molar-refractivity contribution in [1.82, 2.24) is 24.4 Å². The summed E-state index contributed by atoms with van der Waals surface area (Å²) in [7, 11) is 0. The fourth-order valence-corrected chi connectivity index (χ4v) is 4.57. The van der Waals surface area contributed by atoms with E-state index in [9.17, 15) is 4.79 Å². The lowest BCUT2D eigenvalue weighted by atomic mass is 10.1. The molecule has 0 radical (unpaired) electrons. The van der Waals surface area contributed by atoms with Gasteiger partial charge in [-0.05, 0) is 49.0 Å². The topological polar surface area (TPSA) is 81.7 Å².